The van der Waals surface area contributed by atoms with Crippen LogP contribution in [-0.2, 0) is 4.79 Å². The molecule has 0 heterocycles. The van der Waals surface area contributed by atoms with E-state index in [4.69, 9.17) is 5.11 Å². The third kappa shape index (κ3) is 7.37. The van der Waals surface area contributed by atoms with E-state index in [1.807, 2.05) is 6.92 Å². The van der Waals surface area contributed by atoms with E-state index >= 15 is 0 Å². The Balaban J connectivity index is 3.87. The van der Waals surface area contributed by atoms with Gasteiger partial charge in [0.05, 0.1) is 0 Å². The van der Waals surface area contributed by atoms with Gasteiger partial charge < -0.3 is 10.4 Å². The molecule has 0 aliphatic rings. The number of unbranched alkanes of at least 4 members (excludes halogenated alkanes) is 1. The van der Waals surface area contributed by atoms with Gasteiger partial charge in [0.25, 0.3) is 0 Å². The van der Waals surface area contributed by atoms with E-state index < -0.39 is 5.97 Å². The highest BCUT2D eigenvalue weighted by Crippen LogP contribution is 2.00. The minimum absolute atomic E-state index is 0.815. The molecule has 3 nitrogen and oxygen atoms in total. The maximum Gasteiger partial charge on any atom is 0.330 e. The van der Waals surface area contributed by atoms with Gasteiger partial charge in [0.2, 0.25) is 0 Å². The number of carboxylic acids is 1. The van der Waals surface area contributed by atoms with Crippen molar-refractivity contribution in [3.63, 3.8) is 0 Å². The number of carbonyl (C=O) groups is 1. The van der Waals surface area contributed by atoms with Gasteiger partial charge in [-0.25, -0.2) is 4.79 Å². The zero-order chi connectivity index (χ0) is 10.1. The molecule has 3 heteroatoms. The zero-order valence-corrected chi connectivity index (χ0v) is 8.47. The van der Waals surface area contributed by atoms with Crippen LogP contribution in [0, 0.1) is 0 Å². The minimum Gasteiger partial charge on any atom is -0.478 e. The second kappa shape index (κ2) is 7.65. The van der Waals surface area contributed by atoms with Crippen LogP contribution in [0.1, 0.15) is 39.5 Å². The number of allylic oxidation sites excluding steroid dienone is 1. The third-order valence-electron chi connectivity index (χ3n) is 1.70. The van der Waals surface area contributed by atoms with E-state index in [9.17, 15) is 4.79 Å². The Morgan fingerprint density at radius 2 is 2.08 bits per heavy atom. The predicted molar refractivity (Wildman–Crippen MR) is 53.5 cm³/mol. The van der Waals surface area contributed by atoms with Crippen molar-refractivity contribution in [3.8, 4) is 0 Å². The van der Waals surface area contributed by atoms with Gasteiger partial charge in [0.1, 0.15) is 0 Å². The van der Waals surface area contributed by atoms with E-state index in [2.05, 4.69) is 12.2 Å². The second-order valence-electron chi connectivity index (χ2n) is 3.04. The van der Waals surface area contributed by atoms with Crippen LogP contribution >= 0.6 is 0 Å². The number of carboxylic acid groups (broad SMARTS) is 1. The molecule has 0 aromatic carbocycles. The van der Waals surface area contributed by atoms with E-state index in [0.29, 0.717) is 0 Å². The summed E-state index contributed by atoms with van der Waals surface area (Å²) in [5.41, 5.74) is 0.837. The van der Waals surface area contributed by atoms with Gasteiger partial charge in [-0.2, -0.15) is 0 Å². The van der Waals surface area contributed by atoms with Gasteiger partial charge in [0.15, 0.2) is 0 Å². The molecule has 0 bridgehead atoms. The van der Waals surface area contributed by atoms with Crippen LogP contribution < -0.4 is 5.32 Å². The highest BCUT2D eigenvalue weighted by atomic mass is 16.4. The van der Waals surface area contributed by atoms with Crippen LogP contribution in [0.5, 0.6) is 0 Å². The first-order valence-corrected chi connectivity index (χ1v) is 4.88. The number of hydrogen-bond acceptors (Lipinski definition) is 2. The Morgan fingerprint density at radius 3 is 2.54 bits per heavy atom. The lowest BCUT2D eigenvalue weighted by atomic mass is 10.2. The lowest BCUT2D eigenvalue weighted by Crippen LogP contribution is -2.15. The van der Waals surface area contributed by atoms with Gasteiger partial charge >= 0.3 is 5.97 Å². The first-order valence-electron chi connectivity index (χ1n) is 4.88. The number of aliphatic carboxylic acids is 1. The minimum atomic E-state index is -0.868. The summed E-state index contributed by atoms with van der Waals surface area (Å²) in [7, 11) is 0. The topological polar surface area (TPSA) is 49.3 Å². The van der Waals surface area contributed by atoms with E-state index in [-0.39, 0.29) is 0 Å². The average Bonchev–Trinajstić information content (AvgIpc) is 2.04. The third-order valence-corrected chi connectivity index (χ3v) is 1.70. The first kappa shape index (κ1) is 12.0. The fraction of sp³-hybridized carbons (Fsp3) is 0.700. The standard InChI is InChI=1S/C10H19NO2/c1-3-5-7-11-9(6-4-2)8-10(12)13/h8,11H,3-7H2,1-2H3,(H,12,13). The molecule has 0 aliphatic carbocycles. The maximum absolute atomic E-state index is 10.4. The fourth-order valence-electron chi connectivity index (χ4n) is 1.06. The molecule has 2 N–H and O–H groups in total. The fourth-order valence-corrected chi connectivity index (χ4v) is 1.06. The quantitative estimate of drug-likeness (QED) is 0.472. The van der Waals surface area contributed by atoms with Crippen LogP contribution in [0.4, 0.5) is 0 Å². The SMILES string of the molecule is CCCCNC(=CC(=O)O)CCC. The highest BCUT2D eigenvalue weighted by Gasteiger charge is 1.97. The van der Waals surface area contributed by atoms with Crippen molar-refractivity contribution in [3.05, 3.63) is 11.8 Å². The van der Waals surface area contributed by atoms with Crippen LogP contribution in [0.25, 0.3) is 0 Å². The van der Waals surface area contributed by atoms with Crippen molar-refractivity contribution in [2.24, 2.45) is 0 Å². The van der Waals surface area contributed by atoms with Gasteiger partial charge in [0, 0.05) is 18.3 Å². The molecule has 0 aromatic heterocycles. The summed E-state index contributed by atoms with van der Waals surface area (Å²) in [6.45, 7) is 5.02. The van der Waals surface area contributed by atoms with Gasteiger partial charge in [-0.05, 0) is 12.8 Å². The normalized spacial score (nSPS) is 11.4. The first-order chi connectivity index (χ1) is 6.20. The molecule has 0 amide bonds. The molecule has 0 rings (SSSR count). The molecule has 0 radical (unpaired) electrons. The van der Waals surface area contributed by atoms with Crippen LogP contribution in [0.3, 0.4) is 0 Å². The Bertz CT molecular complexity index is 176. The number of nitrogens with one attached hydrogen (secondary N) is 1. The zero-order valence-electron chi connectivity index (χ0n) is 8.47. The number of hydrogen-bond donors (Lipinski definition) is 2. The monoisotopic (exact) mass is 185 g/mol. The Morgan fingerprint density at radius 1 is 1.38 bits per heavy atom. The van der Waals surface area contributed by atoms with Crippen molar-refractivity contribution in [1.29, 1.82) is 0 Å². The summed E-state index contributed by atoms with van der Waals surface area (Å²) in [6.07, 6.45) is 5.26. The lowest BCUT2D eigenvalue weighted by Gasteiger charge is -2.08. The molecule has 0 aromatic rings. The average molecular weight is 185 g/mol. The van der Waals surface area contributed by atoms with Crippen molar-refractivity contribution >= 4 is 5.97 Å². The molecule has 0 spiro atoms. The van der Waals surface area contributed by atoms with Crippen molar-refractivity contribution in [2.45, 2.75) is 39.5 Å². The van der Waals surface area contributed by atoms with Crippen molar-refractivity contribution < 1.29 is 9.90 Å². The molecule has 0 saturated heterocycles. The van der Waals surface area contributed by atoms with Crippen LogP contribution in [0.15, 0.2) is 11.8 Å². The largest absolute Gasteiger partial charge is 0.478 e. The van der Waals surface area contributed by atoms with E-state index in [0.717, 1.165) is 37.9 Å². The molecule has 13 heavy (non-hydrogen) atoms. The summed E-state index contributed by atoms with van der Waals surface area (Å²) in [5.74, 6) is -0.868. The van der Waals surface area contributed by atoms with Gasteiger partial charge in [-0.15, -0.1) is 0 Å². The lowest BCUT2D eigenvalue weighted by molar-refractivity contribution is -0.131. The molecule has 0 saturated carbocycles. The Hall–Kier alpha value is -0.990. The molecule has 76 valence electrons. The summed E-state index contributed by atoms with van der Waals surface area (Å²) in [4.78, 5) is 10.4. The van der Waals surface area contributed by atoms with Crippen LogP contribution in [0.2, 0.25) is 0 Å². The van der Waals surface area contributed by atoms with E-state index in [1.54, 1.807) is 0 Å². The summed E-state index contributed by atoms with van der Waals surface area (Å²) in [6, 6.07) is 0. The second-order valence-corrected chi connectivity index (χ2v) is 3.04. The molecule has 0 unspecified atom stereocenters. The molecular formula is C10H19NO2. The van der Waals surface area contributed by atoms with Crippen LogP contribution in [-0.4, -0.2) is 17.6 Å². The number of rotatable bonds is 7. The van der Waals surface area contributed by atoms with Crippen molar-refractivity contribution in [1.82, 2.24) is 5.32 Å². The summed E-state index contributed by atoms with van der Waals surface area (Å²) < 4.78 is 0. The smallest absolute Gasteiger partial charge is 0.330 e. The van der Waals surface area contributed by atoms with Crippen molar-refractivity contribution in [2.75, 3.05) is 6.54 Å². The summed E-state index contributed by atoms with van der Waals surface area (Å²) >= 11 is 0. The molecular weight excluding hydrogens is 166 g/mol. The molecule has 0 aliphatic heterocycles. The predicted octanol–water partition coefficient (Wildman–Crippen LogP) is 2.14. The Labute approximate surface area is 79.8 Å². The highest BCUT2D eigenvalue weighted by molar-refractivity contribution is 5.80. The van der Waals surface area contributed by atoms with Gasteiger partial charge in [-0.1, -0.05) is 26.7 Å². The van der Waals surface area contributed by atoms with Gasteiger partial charge in [-0.3, -0.25) is 0 Å². The molecule has 0 fully saturated rings. The maximum atomic E-state index is 10.4. The van der Waals surface area contributed by atoms with E-state index in [1.165, 1.54) is 6.08 Å². The Kier molecular flexibility index (Phi) is 7.07. The summed E-state index contributed by atoms with van der Waals surface area (Å²) in [5, 5.41) is 11.7. The molecule has 0 atom stereocenters.